The molecule has 29 heavy (non-hydrogen) atoms. The third-order valence-corrected chi connectivity index (χ3v) is 4.96. The van der Waals surface area contributed by atoms with E-state index in [1.54, 1.807) is 0 Å². The number of aromatic nitrogens is 2. The Bertz CT molecular complexity index is 1130. The first-order chi connectivity index (χ1) is 14.0. The summed E-state index contributed by atoms with van der Waals surface area (Å²) >= 11 is 0. The van der Waals surface area contributed by atoms with Gasteiger partial charge in [0.2, 0.25) is 5.91 Å². The van der Waals surface area contributed by atoms with E-state index in [2.05, 4.69) is 15.2 Å². The lowest BCUT2D eigenvalue weighted by atomic mass is 10.2. The zero-order chi connectivity index (χ0) is 20.4. The summed E-state index contributed by atoms with van der Waals surface area (Å²) < 4.78 is 1.18. The van der Waals surface area contributed by atoms with Crippen LogP contribution in [0.5, 0.6) is 0 Å². The molecule has 0 atom stereocenters. The predicted molar refractivity (Wildman–Crippen MR) is 109 cm³/mol. The predicted octanol–water partition coefficient (Wildman–Crippen LogP) is 2.54. The lowest BCUT2D eigenvalue weighted by Crippen LogP contribution is -2.28. The van der Waals surface area contributed by atoms with Gasteiger partial charge in [0.1, 0.15) is 6.54 Å². The van der Waals surface area contributed by atoms with Gasteiger partial charge >= 0.3 is 0 Å². The van der Waals surface area contributed by atoms with E-state index < -0.39 is 10.5 Å². The highest BCUT2D eigenvalue weighted by Crippen LogP contribution is 2.22. The minimum Gasteiger partial charge on any atom is -0.372 e. The van der Waals surface area contributed by atoms with Crippen LogP contribution in [0.3, 0.4) is 0 Å². The van der Waals surface area contributed by atoms with Gasteiger partial charge in [0, 0.05) is 36.6 Å². The van der Waals surface area contributed by atoms with E-state index in [1.165, 1.54) is 41.9 Å². The normalized spacial score (nSPS) is 13.6. The van der Waals surface area contributed by atoms with Crippen molar-refractivity contribution in [2.45, 2.75) is 19.4 Å². The van der Waals surface area contributed by atoms with E-state index in [4.69, 9.17) is 0 Å². The van der Waals surface area contributed by atoms with E-state index in [0.29, 0.717) is 5.69 Å². The Morgan fingerprint density at radius 1 is 1.14 bits per heavy atom. The summed E-state index contributed by atoms with van der Waals surface area (Å²) in [4.78, 5) is 41.6. The number of benzene rings is 2. The third kappa shape index (κ3) is 3.93. The summed E-state index contributed by atoms with van der Waals surface area (Å²) in [5, 5.41) is 13.8. The Labute approximate surface area is 165 Å². The Morgan fingerprint density at radius 3 is 2.55 bits per heavy atom. The highest BCUT2D eigenvalue weighted by Gasteiger charge is 2.14. The average molecular weight is 393 g/mol. The molecular formula is C20H19N5O4. The molecule has 9 nitrogen and oxygen atoms in total. The van der Waals surface area contributed by atoms with Gasteiger partial charge in [-0.15, -0.1) is 0 Å². The summed E-state index contributed by atoms with van der Waals surface area (Å²) in [6.45, 7) is 1.89. The van der Waals surface area contributed by atoms with Crippen LogP contribution < -0.4 is 15.8 Å². The van der Waals surface area contributed by atoms with Gasteiger partial charge in [-0.05, 0) is 43.2 Å². The van der Waals surface area contributed by atoms with Crippen molar-refractivity contribution in [3.8, 4) is 0 Å². The molecule has 1 aliphatic heterocycles. The molecule has 2 heterocycles. The van der Waals surface area contributed by atoms with Crippen LogP contribution in [-0.2, 0) is 11.3 Å². The number of carbonyl (C=O) groups excluding carboxylic acids is 1. The number of nitrogens with zero attached hydrogens (tertiary/aromatic N) is 4. The van der Waals surface area contributed by atoms with Gasteiger partial charge < -0.3 is 10.2 Å². The number of nitro benzene ring substituents is 1. The number of fused-ring (bicyclic) bond motifs is 1. The maximum absolute atomic E-state index is 12.6. The number of hydrogen-bond donors (Lipinski definition) is 1. The van der Waals surface area contributed by atoms with Crippen molar-refractivity contribution in [1.82, 2.24) is 9.55 Å². The molecule has 2 aromatic carbocycles. The maximum atomic E-state index is 12.6. The Morgan fingerprint density at radius 2 is 1.86 bits per heavy atom. The van der Waals surface area contributed by atoms with Crippen molar-refractivity contribution in [3.05, 3.63) is 69.3 Å². The van der Waals surface area contributed by atoms with Gasteiger partial charge in [0.05, 0.1) is 22.2 Å². The zero-order valence-electron chi connectivity index (χ0n) is 15.6. The van der Waals surface area contributed by atoms with Gasteiger partial charge in [0.25, 0.3) is 11.2 Å². The fraction of sp³-hybridized carbons (Fsp3) is 0.250. The van der Waals surface area contributed by atoms with E-state index in [0.717, 1.165) is 18.8 Å². The summed E-state index contributed by atoms with van der Waals surface area (Å²) in [6.07, 6.45) is 3.62. The maximum Gasteiger partial charge on any atom is 0.271 e. The van der Waals surface area contributed by atoms with Crippen molar-refractivity contribution in [1.29, 1.82) is 0 Å². The zero-order valence-corrected chi connectivity index (χ0v) is 15.6. The minimum absolute atomic E-state index is 0.141. The summed E-state index contributed by atoms with van der Waals surface area (Å²) in [5.41, 5.74) is 1.43. The summed E-state index contributed by atoms with van der Waals surface area (Å²) in [7, 11) is 0. The molecular weight excluding hydrogens is 374 g/mol. The molecule has 0 unspecified atom stereocenters. The van der Waals surface area contributed by atoms with Gasteiger partial charge in [-0.3, -0.25) is 24.3 Å². The van der Waals surface area contributed by atoms with E-state index >= 15 is 0 Å². The second-order valence-corrected chi connectivity index (χ2v) is 6.93. The molecule has 0 bridgehead atoms. The third-order valence-electron chi connectivity index (χ3n) is 4.96. The molecule has 3 aromatic rings. The molecule has 4 rings (SSSR count). The fourth-order valence-corrected chi connectivity index (χ4v) is 3.46. The van der Waals surface area contributed by atoms with Crippen LogP contribution in [0.4, 0.5) is 17.1 Å². The van der Waals surface area contributed by atoms with Crippen LogP contribution in [-0.4, -0.2) is 33.5 Å². The lowest BCUT2D eigenvalue weighted by Gasteiger charge is -2.17. The number of anilines is 2. The SMILES string of the molecule is O=C(Cn1cnc2cc([N+](=O)[O-])ccc2c1=O)Nc1ccc(N2CCCC2)cc1. The second-order valence-electron chi connectivity index (χ2n) is 6.93. The number of rotatable bonds is 5. The van der Waals surface area contributed by atoms with Crippen LogP contribution in [0.1, 0.15) is 12.8 Å². The molecule has 1 N–H and O–H groups in total. The molecule has 148 valence electrons. The number of nitro groups is 1. The lowest BCUT2D eigenvalue weighted by molar-refractivity contribution is -0.384. The number of nitrogens with one attached hydrogen (secondary N) is 1. The highest BCUT2D eigenvalue weighted by atomic mass is 16.6. The van der Waals surface area contributed by atoms with E-state index in [-0.39, 0.29) is 29.0 Å². The number of hydrogen-bond acceptors (Lipinski definition) is 6. The molecule has 0 aliphatic carbocycles. The van der Waals surface area contributed by atoms with Crippen molar-refractivity contribution in [2.75, 3.05) is 23.3 Å². The smallest absolute Gasteiger partial charge is 0.271 e. The Hall–Kier alpha value is -3.75. The fourth-order valence-electron chi connectivity index (χ4n) is 3.46. The molecule has 1 aliphatic rings. The van der Waals surface area contributed by atoms with Crippen molar-refractivity contribution >= 4 is 33.9 Å². The van der Waals surface area contributed by atoms with Gasteiger partial charge in [-0.1, -0.05) is 0 Å². The first-order valence-electron chi connectivity index (χ1n) is 9.30. The van der Waals surface area contributed by atoms with Crippen LogP contribution in [0, 0.1) is 10.1 Å². The first kappa shape index (κ1) is 18.6. The van der Waals surface area contributed by atoms with Crippen LogP contribution in [0.25, 0.3) is 10.9 Å². The van der Waals surface area contributed by atoms with Crippen LogP contribution in [0.2, 0.25) is 0 Å². The van der Waals surface area contributed by atoms with Gasteiger partial charge in [-0.25, -0.2) is 4.98 Å². The molecule has 0 spiro atoms. The second kappa shape index (κ2) is 7.70. The molecule has 1 aromatic heterocycles. The average Bonchev–Trinajstić information content (AvgIpc) is 3.25. The summed E-state index contributed by atoms with van der Waals surface area (Å²) in [5.74, 6) is -0.357. The van der Waals surface area contributed by atoms with Crippen molar-refractivity contribution in [2.24, 2.45) is 0 Å². The Kier molecular flexibility index (Phi) is 4.94. The first-order valence-corrected chi connectivity index (χ1v) is 9.30. The number of non-ortho nitro benzene ring substituents is 1. The largest absolute Gasteiger partial charge is 0.372 e. The quantitative estimate of drug-likeness (QED) is 0.527. The van der Waals surface area contributed by atoms with Gasteiger partial charge in [-0.2, -0.15) is 0 Å². The van der Waals surface area contributed by atoms with Crippen molar-refractivity contribution < 1.29 is 9.72 Å². The summed E-state index contributed by atoms with van der Waals surface area (Å²) in [6, 6.07) is 11.5. The molecule has 1 amide bonds. The Balaban J connectivity index is 1.47. The van der Waals surface area contributed by atoms with E-state index in [1.807, 2.05) is 24.3 Å². The highest BCUT2D eigenvalue weighted by molar-refractivity contribution is 5.91. The molecule has 9 heteroatoms. The topological polar surface area (TPSA) is 110 Å². The van der Waals surface area contributed by atoms with Crippen LogP contribution in [0.15, 0.2) is 53.6 Å². The van der Waals surface area contributed by atoms with E-state index in [9.17, 15) is 19.7 Å². The number of carbonyl (C=O) groups is 1. The number of amides is 1. The van der Waals surface area contributed by atoms with Crippen LogP contribution >= 0.6 is 0 Å². The van der Waals surface area contributed by atoms with Gasteiger partial charge in [0.15, 0.2) is 0 Å². The monoisotopic (exact) mass is 393 g/mol. The molecule has 1 fully saturated rings. The molecule has 1 saturated heterocycles. The minimum atomic E-state index is -0.547. The standard InChI is InChI=1S/C20H19N5O4/c26-19(22-14-3-5-15(6-4-14)23-9-1-2-10-23)12-24-13-21-18-11-16(25(28)29)7-8-17(18)20(24)27/h3-8,11,13H,1-2,9-10,12H2,(H,22,26). The molecule has 0 saturated carbocycles. The van der Waals surface area contributed by atoms with Crippen molar-refractivity contribution in [3.63, 3.8) is 0 Å². The molecule has 0 radical (unpaired) electrons.